The molecule has 92 valence electrons. The molecule has 0 aromatic carbocycles. The standard InChI is InChI=1S/C11H24O4/c1-6-12-10(5)11(13-7-2,14-8-3)15-9-4/h10H,6-9H2,1-5H3. The number of hydrogen-bond acceptors (Lipinski definition) is 4. The molecule has 0 radical (unpaired) electrons. The van der Waals surface area contributed by atoms with Crippen LogP contribution in [0.1, 0.15) is 34.6 Å². The summed E-state index contributed by atoms with van der Waals surface area (Å²) in [6, 6.07) is 0. The third kappa shape index (κ3) is 4.47. The number of hydrogen-bond donors (Lipinski definition) is 0. The van der Waals surface area contributed by atoms with E-state index in [1.165, 1.54) is 0 Å². The predicted octanol–water partition coefficient (Wildman–Crippen LogP) is 2.17. The largest absolute Gasteiger partial charge is 0.370 e. The quantitative estimate of drug-likeness (QED) is 0.558. The van der Waals surface area contributed by atoms with Gasteiger partial charge in [0.05, 0.1) is 0 Å². The average molecular weight is 220 g/mol. The molecule has 0 aliphatic rings. The summed E-state index contributed by atoms with van der Waals surface area (Å²) < 4.78 is 22.2. The second kappa shape index (κ2) is 8.05. The maximum absolute atomic E-state index is 5.56. The van der Waals surface area contributed by atoms with Crippen molar-refractivity contribution in [2.45, 2.75) is 46.7 Å². The van der Waals surface area contributed by atoms with Gasteiger partial charge in [-0.2, -0.15) is 0 Å². The zero-order valence-electron chi connectivity index (χ0n) is 10.5. The van der Waals surface area contributed by atoms with E-state index in [1.54, 1.807) is 0 Å². The van der Waals surface area contributed by atoms with Gasteiger partial charge in [-0.15, -0.1) is 0 Å². The molecule has 0 aromatic rings. The molecule has 4 nitrogen and oxygen atoms in total. The van der Waals surface area contributed by atoms with E-state index in [1.807, 2.05) is 34.6 Å². The van der Waals surface area contributed by atoms with Gasteiger partial charge in [-0.05, 0) is 34.6 Å². The number of rotatable bonds is 9. The van der Waals surface area contributed by atoms with Gasteiger partial charge in [0.25, 0.3) is 0 Å². The molecule has 0 heterocycles. The lowest BCUT2D eigenvalue weighted by atomic mass is 10.3. The van der Waals surface area contributed by atoms with Crippen molar-refractivity contribution in [2.75, 3.05) is 26.4 Å². The van der Waals surface area contributed by atoms with Gasteiger partial charge in [0.1, 0.15) is 6.10 Å². The Morgan fingerprint density at radius 2 is 1.20 bits per heavy atom. The topological polar surface area (TPSA) is 36.9 Å². The van der Waals surface area contributed by atoms with E-state index < -0.39 is 5.97 Å². The summed E-state index contributed by atoms with van der Waals surface area (Å²) in [7, 11) is 0. The van der Waals surface area contributed by atoms with Crippen molar-refractivity contribution in [3.63, 3.8) is 0 Å². The molecule has 4 heteroatoms. The summed E-state index contributed by atoms with van der Waals surface area (Å²) in [5, 5.41) is 0. The van der Waals surface area contributed by atoms with Crippen molar-refractivity contribution < 1.29 is 18.9 Å². The fourth-order valence-corrected chi connectivity index (χ4v) is 1.43. The van der Waals surface area contributed by atoms with Gasteiger partial charge in [0.15, 0.2) is 0 Å². The minimum atomic E-state index is -1.06. The summed E-state index contributed by atoms with van der Waals surface area (Å²) >= 11 is 0. The first-order valence-corrected chi connectivity index (χ1v) is 5.70. The van der Waals surface area contributed by atoms with E-state index in [9.17, 15) is 0 Å². The second-order valence-corrected chi connectivity index (χ2v) is 3.00. The van der Waals surface area contributed by atoms with Gasteiger partial charge in [0.2, 0.25) is 0 Å². The van der Waals surface area contributed by atoms with Crippen LogP contribution in [0.2, 0.25) is 0 Å². The van der Waals surface area contributed by atoms with Crippen LogP contribution in [0.15, 0.2) is 0 Å². The maximum Gasteiger partial charge on any atom is 0.310 e. The second-order valence-electron chi connectivity index (χ2n) is 3.00. The Labute approximate surface area is 92.8 Å². The molecule has 0 aliphatic heterocycles. The lowest BCUT2D eigenvalue weighted by Crippen LogP contribution is -2.50. The van der Waals surface area contributed by atoms with Crippen molar-refractivity contribution >= 4 is 0 Å². The van der Waals surface area contributed by atoms with Crippen LogP contribution in [0.25, 0.3) is 0 Å². The van der Waals surface area contributed by atoms with Crippen LogP contribution >= 0.6 is 0 Å². The Bertz CT molecular complexity index is 133. The average Bonchev–Trinajstić information content (AvgIpc) is 2.19. The Hall–Kier alpha value is -0.160. The lowest BCUT2D eigenvalue weighted by molar-refractivity contribution is -0.411. The molecular formula is C11H24O4. The van der Waals surface area contributed by atoms with Crippen molar-refractivity contribution in [2.24, 2.45) is 0 Å². The highest BCUT2D eigenvalue weighted by Crippen LogP contribution is 2.22. The van der Waals surface area contributed by atoms with Crippen LogP contribution in [0.3, 0.4) is 0 Å². The van der Waals surface area contributed by atoms with Gasteiger partial charge in [0, 0.05) is 26.4 Å². The van der Waals surface area contributed by atoms with E-state index in [0.717, 1.165) is 0 Å². The Morgan fingerprint density at radius 3 is 1.47 bits per heavy atom. The van der Waals surface area contributed by atoms with Gasteiger partial charge in [-0.25, -0.2) is 0 Å². The minimum Gasteiger partial charge on any atom is -0.370 e. The molecule has 0 saturated carbocycles. The third-order valence-electron chi connectivity index (χ3n) is 1.95. The van der Waals surface area contributed by atoms with Crippen molar-refractivity contribution in [3.8, 4) is 0 Å². The molecule has 0 N–H and O–H groups in total. The summed E-state index contributed by atoms with van der Waals surface area (Å²) in [5.41, 5.74) is 0. The third-order valence-corrected chi connectivity index (χ3v) is 1.95. The monoisotopic (exact) mass is 220 g/mol. The lowest BCUT2D eigenvalue weighted by Gasteiger charge is -2.36. The Kier molecular flexibility index (Phi) is 7.96. The first-order chi connectivity index (χ1) is 7.16. The molecule has 0 spiro atoms. The Balaban J connectivity index is 4.57. The highest BCUT2D eigenvalue weighted by Gasteiger charge is 2.40. The predicted molar refractivity (Wildman–Crippen MR) is 58.7 cm³/mol. The summed E-state index contributed by atoms with van der Waals surface area (Å²) in [6.45, 7) is 11.7. The number of ether oxygens (including phenoxy) is 4. The molecule has 0 amide bonds. The smallest absolute Gasteiger partial charge is 0.310 e. The molecule has 1 unspecified atom stereocenters. The fraction of sp³-hybridized carbons (Fsp3) is 1.00. The van der Waals surface area contributed by atoms with Crippen LogP contribution < -0.4 is 0 Å². The first-order valence-electron chi connectivity index (χ1n) is 5.70. The SMILES string of the molecule is CCOC(C)C(OCC)(OCC)OCC. The van der Waals surface area contributed by atoms with Crippen LogP contribution in [0.5, 0.6) is 0 Å². The minimum absolute atomic E-state index is 0.248. The highest BCUT2D eigenvalue weighted by molar-refractivity contribution is 4.67. The molecule has 0 aromatic heterocycles. The molecular weight excluding hydrogens is 196 g/mol. The van der Waals surface area contributed by atoms with Gasteiger partial charge >= 0.3 is 5.97 Å². The molecule has 0 fully saturated rings. The van der Waals surface area contributed by atoms with E-state index in [4.69, 9.17) is 18.9 Å². The van der Waals surface area contributed by atoms with Crippen LogP contribution in [0, 0.1) is 0 Å². The molecule has 1 atom stereocenters. The zero-order chi connectivity index (χ0) is 11.7. The van der Waals surface area contributed by atoms with Crippen LogP contribution in [-0.4, -0.2) is 38.5 Å². The fourth-order valence-electron chi connectivity index (χ4n) is 1.43. The summed E-state index contributed by atoms with van der Waals surface area (Å²) in [4.78, 5) is 0. The molecule has 0 aliphatic carbocycles. The van der Waals surface area contributed by atoms with E-state index in [-0.39, 0.29) is 6.10 Å². The molecule has 0 rings (SSSR count). The molecule has 0 saturated heterocycles. The van der Waals surface area contributed by atoms with Crippen LogP contribution in [-0.2, 0) is 18.9 Å². The highest BCUT2D eigenvalue weighted by atomic mass is 16.9. The molecule has 15 heavy (non-hydrogen) atoms. The van der Waals surface area contributed by atoms with Gasteiger partial charge < -0.3 is 18.9 Å². The summed E-state index contributed by atoms with van der Waals surface area (Å²) in [5.74, 6) is -1.06. The van der Waals surface area contributed by atoms with Gasteiger partial charge in [-0.3, -0.25) is 0 Å². The van der Waals surface area contributed by atoms with Crippen molar-refractivity contribution in [3.05, 3.63) is 0 Å². The van der Waals surface area contributed by atoms with Crippen molar-refractivity contribution in [1.82, 2.24) is 0 Å². The maximum atomic E-state index is 5.56. The van der Waals surface area contributed by atoms with E-state index >= 15 is 0 Å². The van der Waals surface area contributed by atoms with Crippen LogP contribution in [0.4, 0.5) is 0 Å². The van der Waals surface area contributed by atoms with E-state index in [0.29, 0.717) is 26.4 Å². The van der Waals surface area contributed by atoms with E-state index in [2.05, 4.69) is 0 Å². The normalized spacial score (nSPS) is 14.2. The first kappa shape index (κ1) is 14.8. The zero-order valence-corrected chi connectivity index (χ0v) is 10.5. The van der Waals surface area contributed by atoms with Gasteiger partial charge in [-0.1, -0.05) is 0 Å². The Morgan fingerprint density at radius 1 is 0.800 bits per heavy atom. The van der Waals surface area contributed by atoms with Crippen molar-refractivity contribution in [1.29, 1.82) is 0 Å². The summed E-state index contributed by atoms with van der Waals surface area (Å²) in [6.07, 6.45) is -0.248. The molecule has 0 bridgehead atoms.